The molecule has 4 heteroatoms. The van der Waals surface area contributed by atoms with Gasteiger partial charge in [-0.15, -0.1) is 0 Å². The molecule has 0 saturated heterocycles. The molecule has 1 aromatic heterocycles. The van der Waals surface area contributed by atoms with Crippen LogP contribution in [-0.2, 0) is 11.2 Å². The predicted octanol–water partition coefficient (Wildman–Crippen LogP) is 3.62. The average molecular weight is 274 g/mol. The molecule has 1 atom stereocenters. The van der Waals surface area contributed by atoms with Crippen molar-refractivity contribution in [2.75, 3.05) is 0 Å². The number of hydrogen-bond acceptors (Lipinski definition) is 2. The zero-order valence-electron chi connectivity index (χ0n) is 12.5. The summed E-state index contributed by atoms with van der Waals surface area (Å²) >= 11 is 0. The van der Waals surface area contributed by atoms with Crippen LogP contribution in [0.4, 0.5) is 4.79 Å². The highest BCUT2D eigenvalue weighted by atomic mass is 16.6. The van der Waals surface area contributed by atoms with Gasteiger partial charge in [-0.3, -0.25) is 0 Å². The Morgan fingerprint density at radius 2 is 2.05 bits per heavy atom. The minimum Gasteiger partial charge on any atom is -0.444 e. The molecule has 2 rings (SSSR count). The maximum absolute atomic E-state index is 11.7. The average Bonchev–Trinajstić information content (AvgIpc) is 2.70. The first kappa shape index (κ1) is 14.4. The van der Waals surface area contributed by atoms with Crippen molar-refractivity contribution in [3.63, 3.8) is 0 Å². The van der Waals surface area contributed by atoms with Gasteiger partial charge >= 0.3 is 6.09 Å². The van der Waals surface area contributed by atoms with Gasteiger partial charge in [0.1, 0.15) is 5.60 Å². The number of nitrogens with one attached hydrogen (secondary N) is 2. The lowest BCUT2D eigenvalue weighted by atomic mass is 10.1. The van der Waals surface area contributed by atoms with Crippen LogP contribution in [0.5, 0.6) is 0 Å². The lowest BCUT2D eigenvalue weighted by Crippen LogP contribution is -2.38. The molecule has 1 heterocycles. The summed E-state index contributed by atoms with van der Waals surface area (Å²) in [5, 5.41) is 4.06. The highest BCUT2D eigenvalue weighted by Gasteiger charge is 2.18. The van der Waals surface area contributed by atoms with E-state index in [1.54, 1.807) is 0 Å². The second-order valence-electron chi connectivity index (χ2n) is 6.11. The number of carbonyl (C=O) groups excluding carboxylic acids is 1. The molecule has 1 amide bonds. The van der Waals surface area contributed by atoms with Crippen LogP contribution >= 0.6 is 0 Å². The standard InChI is InChI=1S/C16H22N2O2/c1-11(18-15(19)20-16(2,3)4)9-12-10-17-14-8-6-5-7-13(12)14/h5-8,10-11,17H,9H2,1-4H3,(H,18,19). The van der Waals surface area contributed by atoms with Crippen LogP contribution in [-0.4, -0.2) is 22.7 Å². The van der Waals surface area contributed by atoms with Crippen molar-refractivity contribution in [1.29, 1.82) is 0 Å². The SMILES string of the molecule is CC(Cc1c[nH]c2ccccc12)NC(=O)OC(C)(C)C. The van der Waals surface area contributed by atoms with E-state index >= 15 is 0 Å². The molecular formula is C16H22N2O2. The third-order valence-corrected chi connectivity index (χ3v) is 2.96. The van der Waals surface area contributed by atoms with E-state index in [9.17, 15) is 4.79 Å². The minimum atomic E-state index is -0.468. The molecule has 4 nitrogen and oxygen atoms in total. The van der Waals surface area contributed by atoms with Crippen molar-refractivity contribution in [3.05, 3.63) is 36.0 Å². The van der Waals surface area contributed by atoms with Crippen molar-refractivity contribution < 1.29 is 9.53 Å². The fourth-order valence-corrected chi connectivity index (χ4v) is 2.19. The van der Waals surface area contributed by atoms with E-state index in [-0.39, 0.29) is 12.1 Å². The molecule has 0 fully saturated rings. The summed E-state index contributed by atoms with van der Waals surface area (Å²) < 4.78 is 5.26. The highest BCUT2D eigenvalue weighted by Crippen LogP contribution is 2.19. The van der Waals surface area contributed by atoms with Crippen molar-refractivity contribution in [1.82, 2.24) is 10.3 Å². The zero-order chi connectivity index (χ0) is 14.8. The molecule has 1 aromatic carbocycles. The molecular weight excluding hydrogens is 252 g/mol. The predicted molar refractivity (Wildman–Crippen MR) is 80.8 cm³/mol. The Bertz CT molecular complexity index is 596. The number of para-hydroxylation sites is 1. The van der Waals surface area contributed by atoms with E-state index in [0.29, 0.717) is 0 Å². The second kappa shape index (κ2) is 5.57. The first-order chi connectivity index (χ1) is 9.35. The summed E-state index contributed by atoms with van der Waals surface area (Å²) in [6.07, 6.45) is 2.39. The van der Waals surface area contributed by atoms with Crippen LogP contribution in [0.2, 0.25) is 0 Å². The summed E-state index contributed by atoms with van der Waals surface area (Å²) in [5.41, 5.74) is 1.85. The number of alkyl carbamates (subject to hydrolysis) is 1. The summed E-state index contributed by atoms with van der Waals surface area (Å²) in [5.74, 6) is 0. The molecule has 0 spiro atoms. The Morgan fingerprint density at radius 1 is 1.35 bits per heavy atom. The van der Waals surface area contributed by atoms with Gasteiger partial charge in [-0.1, -0.05) is 18.2 Å². The van der Waals surface area contributed by atoms with Crippen LogP contribution in [0.3, 0.4) is 0 Å². The lowest BCUT2D eigenvalue weighted by molar-refractivity contribution is 0.0508. The van der Waals surface area contributed by atoms with Gasteiger partial charge in [0.25, 0.3) is 0 Å². The maximum Gasteiger partial charge on any atom is 0.407 e. The van der Waals surface area contributed by atoms with Gasteiger partial charge in [-0.2, -0.15) is 0 Å². The van der Waals surface area contributed by atoms with E-state index < -0.39 is 5.60 Å². The normalized spacial score (nSPS) is 13.2. The van der Waals surface area contributed by atoms with Crippen LogP contribution in [0.1, 0.15) is 33.3 Å². The van der Waals surface area contributed by atoms with Gasteiger partial charge in [0.05, 0.1) is 0 Å². The van der Waals surface area contributed by atoms with Crippen molar-refractivity contribution >= 4 is 17.0 Å². The van der Waals surface area contributed by atoms with E-state index in [0.717, 1.165) is 11.9 Å². The molecule has 0 bridgehead atoms. The van der Waals surface area contributed by atoms with Crippen molar-refractivity contribution in [3.8, 4) is 0 Å². The molecule has 0 aliphatic rings. The Balaban J connectivity index is 1.98. The third-order valence-electron chi connectivity index (χ3n) is 2.96. The zero-order valence-corrected chi connectivity index (χ0v) is 12.5. The van der Waals surface area contributed by atoms with Crippen LogP contribution in [0.25, 0.3) is 10.9 Å². The van der Waals surface area contributed by atoms with Crippen molar-refractivity contribution in [2.45, 2.75) is 45.8 Å². The fourth-order valence-electron chi connectivity index (χ4n) is 2.19. The Hall–Kier alpha value is -1.97. The minimum absolute atomic E-state index is 0.0176. The summed E-state index contributed by atoms with van der Waals surface area (Å²) in [6.45, 7) is 7.55. The number of aromatic amines is 1. The highest BCUT2D eigenvalue weighted by molar-refractivity contribution is 5.83. The molecule has 0 aliphatic heterocycles. The summed E-state index contributed by atoms with van der Waals surface area (Å²) in [7, 11) is 0. The molecule has 0 aliphatic carbocycles. The number of H-pyrrole nitrogens is 1. The number of fused-ring (bicyclic) bond motifs is 1. The van der Waals surface area contributed by atoms with Gasteiger partial charge in [-0.05, 0) is 45.7 Å². The Morgan fingerprint density at radius 3 is 2.75 bits per heavy atom. The van der Waals surface area contributed by atoms with Gasteiger partial charge in [0, 0.05) is 23.1 Å². The Labute approximate surface area is 119 Å². The van der Waals surface area contributed by atoms with Gasteiger partial charge in [-0.25, -0.2) is 4.79 Å². The van der Waals surface area contributed by atoms with Gasteiger partial charge < -0.3 is 15.0 Å². The van der Waals surface area contributed by atoms with E-state index in [1.807, 2.05) is 52.1 Å². The Kier molecular flexibility index (Phi) is 4.02. The van der Waals surface area contributed by atoms with Crippen LogP contribution in [0.15, 0.2) is 30.5 Å². The lowest BCUT2D eigenvalue weighted by Gasteiger charge is -2.21. The quantitative estimate of drug-likeness (QED) is 0.898. The van der Waals surface area contributed by atoms with E-state index in [1.165, 1.54) is 10.9 Å². The molecule has 20 heavy (non-hydrogen) atoms. The van der Waals surface area contributed by atoms with Crippen molar-refractivity contribution in [2.24, 2.45) is 0 Å². The molecule has 2 aromatic rings. The van der Waals surface area contributed by atoms with Gasteiger partial charge in [0.2, 0.25) is 0 Å². The number of ether oxygens (including phenoxy) is 1. The van der Waals surface area contributed by atoms with Crippen LogP contribution in [0, 0.1) is 0 Å². The molecule has 0 saturated carbocycles. The number of rotatable bonds is 3. The number of amides is 1. The van der Waals surface area contributed by atoms with Gasteiger partial charge in [0.15, 0.2) is 0 Å². The number of benzene rings is 1. The smallest absolute Gasteiger partial charge is 0.407 e. The molecule has 2 N–H and O–H groups in total. The fraction of sp³-hybridized carbons (Fsp3) is 0.438. The van der Waals surface area contributed by atoms with E-state index in [4.69, 9.17) is 4.74 Å². The number of aromatic nitrogens is 1. The summed E-state index contributed by atoms with van der Waals surface area (Å²) in [4.78, 5) is 15.0. The first-order valence-electron chi connectivity index (χ1n) is 6.89. The second-order valence-corrected chi connectivity index (χ2v) is 6.11. The monoisotopic (exact) mass is 274 g/mol. The number of hydrogen-bond donors (Lipinski definition) is 2. The van der Waals surface area contributed by atoms with Crippen LogP contribution < -0.4 is 5.32 Å². The number of carbonyl (C=O) groups is 1. The van der Waals surface area contributed by atoms with E-state index in [2.05, 4.69) is 16.4 Å². The largest absolute Gasteiger partial charge is 0.444 e. The molecule has 0 radical (unpaired) electrons. The molecule has 1 unspecified atom stereocenters. The third kappa shape index (κ3) is 3.76. The first-order valence-corrected chi connectivity index (χ1v) is 6.89. The maximum atomic E-state index is 11.7. The molecule has 108 valence electrons. The summed E-state index contributed by atoms with van der Waals surface area (Å²) in [6, 6.07) is 8.17. The topological polar surface area (TPSA) is 54.1 Å².